The Kier molecular flexibility index (Phi) is 3.91. The van der Waals surface area contributed by atoms with Crippen molar-refractivity contribution in [2.45, 2.75) is 13.5 Å². The maximum absolute atomic E-state index is 11.7. The first-order chi connectivity index (χ1) is 14.2. The molecule has 2 heterocycles. The van der Waals surface area contributed by atoms with E-state index in [0.29, 0.717) is 5.69 Å². The van der Waals surface area contributed by atoms with Gasteiger partial charge in [-0.15, -0.1) is 5.10 Å². The summed E-state index contributed by atoms with van der Waals surface area (Å²) in [5, 5.41) is 20.0. The molecular weight excluding hydrogens is 364 g/mol. The van der Waals surface area contributed by atoms with E-state index in [1.807, 2.05) is 48.5 Å². The Bertz CT molecular complexity index is 1370. The minimum absolute atomic E-state index is 0.0627. The van der Waals surface area contributed by atoms with Crippen LogP contribution in [0.25, 0.3) is 38.8 Å². The summed E-state index contributed by atoms with van der Waals surface area (Å²) in [6.45, 7) is 3.00. The highest BCUT2D eigenvalue weighted by Crippen LogP contribution is 2.32. The predicted octanol–water partition coefficient (Wildman–Crippen LogP) is 4.76. The van der Waals surface area contributed by atoms with Crippen molar-refractivity contribution in [1.82, 2.24) is 19.6 Å². The molecule has 0 spiro atoms. The summed E-state index contributed by atoms with van der Waals surface area (Å²) in [6, 6.07) is 23.7. The molecule has 1 N–H and O–H groups in total. The van der Waals surface area contributed by atoms with Crippen LogP contribution in [0, 0.1) is 0 Å². The molecule has 2 aromatic heterocycles. The second-order valence-electron chi connectivity index (χ2n) is 6.83. The van der Waals surface area contributed by atoms with Crippen LogP contribution in [-0.4, -0.2) is 30.6 Å². The summed E-state index contributed by atoms with van der Waals surface area (Å²) in [4.78, 5) is 11.7. The van der Waals surface area contributed by atoms with Crippen molar-refractivity contribution in [3.8, 4) is 16.9 Å². The fourth-order valence-electron chi connectivity index (χ4n) is 3.98. The molecule has 142 valence electrons. The van der Waals surface area contributed by atoms with Crippen LogP contribution in [0.1, 0.15) is 17.4 Å². The summed E-state index contributed by atoms with van der Waals surface area (Å²) < 4.78 is 3.88. The third-order valence-corrected chi connectivity index (χ3v) is 5.24. The first kappa shape index (κ1) is 17.2. The lowest BCUT2D eigenvalue weighted by Crippen LogP contribution is -2.03. The monoisotopic (exact) mass is 382 g/mol. The van der Waals surface area contributed by atoms with E-state index in [1.54, 1.807) is 4.68 Å². The first-order valence-corrected chi connectivity index (χ1v) is 9.45. The lowest BCUT2D eigenvalue weighted by Gasteiger charge is -2.08. The molecule has 3 aromatic carbocycles. The molecule has 0 unspecified atom stereocenters. The van der Waals surface area contributed by atoms with E-state index < -0.39 is 5.97 Å². The lowest BCUT2D eigenvalue weighted by molar-refractivity contribution is 0.0691. The van der Waals surface area contributed by atoms with Crippen LogP contribution in [0.3, 0.4) is 0 Å². The number of nitrogens with zero attached hydrogens (tertiary/aromatic N) is 4. The van der Waals surface area contributed by atoms with Crippen molar-refractivity contribution in [2.24, 2.45) is 0 Å². The zero-order valence-electron chi connectivity index (χ0n) is 15.8. The van der Waals surface area contributed by atoms with Gasteiger partial charge in [0.25, 0.3) is 0 Å². The van der Waals surface area contributed by atoms with Gasteiger partial charge in [-0.05, 0) is 31.2 Å². The highest BCUT2D eigenvalue weighted by atomic mass is 16.4. The van der Waals surface area contributed by atoms with Crippen LogP contribution < -0.4 is 0 Å². The topological polar surface area (TPSA) is 72.9 Å². The molecule has 0 amide bonds. The molecule has 0 radical (unpaired) electrons. The van der Waals surface area contributed by atoms with Crippen LogP contribution in [-0.2, 0) is 6.54 Å². The largest absolute Gasteiger partial charge is 0.476 e. The van der Waals surface area contributed by atoms with Crippen LogP contribution >= 0.6 is 0 Å². The number of carboxylic acids is 1. The summed E-state index contributed by atoms with van der Waals surface area (Å²) in [7, 11) is 0. The van der Waals surface area contributed by atoms with Gasteiger partial charge in [-0.25, -0.2) is 9.48 Å². The molecule has 0 atom stereocenters. The van der Waals surface area contributed by atoms with Crippen LogP contribution in [0.15, 0.2) is 72.8 Å². The Labute approximate surface area is 166 Å². The van der Waals surface area contributed by atoms with E-state index in [1.165, 1.54) is 5.52 Å². The molecule has 6 nitrogen and oxygen atoms in total. The molecule has 0 aliphatic rings. The summed E-state index contributed by atoms with van der Waals surface area (Å²) in [5.41, 5.74) is 4.25. The Morgan fingerprint density at radius 2 is 1.66 bits per heavy atom. The third-order valence-electron chi connectivity index (χ3n) is 5.24. The SMILES string of the molecule is CCn1c2ccccc2c2cc(-n3nnc(C(=O)O)c3-c3ccccc3)ccc21. The molecule has 0 bridgehead atoms. The highest BCUT2D eigenvalue weighted by molar-refractivity contribution is 6.08. The Morgan fingerprint density at radius 3 is 2.41 bits per heavy atom. The number of hydrogen-bond donors (Lipinski definition) is 1. The minimum Gasteiger partial charge on any atom is -0.476 e. The number of rotatable bonds is 4. The van der Waals surface area contributed by atoms with Gasteiger partial charge in [0.2, 0.25) is 0 Å². The highest BCUT2D eigenvalue weighted by Gasteiger charge is 2.22. The summed E-state index contributed by atoms with van der Waals surface area (Å²) in [5.74, 6) is -1.10. The smallest absolute Gasteiger partial charge is 0.358 e. The van der Waals surface area contributed by atoms with Gasteiger partial charge < -0.3 is 9.67 Å². The van der Waals surface area contributed by atoms with E-state index in [-0.39, 0.29) is 5.69 Å². The standard InChI is InChI=1S/C23H18N4O2/c1-2-26-19-11-7-6-10-17(19)18-14-16(12-13-20(18)26)27-22(15-8-4-3-5-9-15)21(23(28)29)24-25-27/h3-14H,2H2,1H3,(H,28,29). The van der Waals surface area contributed by atoms with Crippen molar-refractivity contribution < 1.29 is 9.90 Å². The van der Waals surface area contributed by atoms with Crippen molar-refractivity contribution in [3.05, 3.63) is 78.5 Å². The van der Waals surface area contributed by atoms with Gasteiger partial charge in [-0.2, -0.15) is 0 Å². The van der Waals surface area contributed by atoms with E-state index >= 15 is 0 Å². The second-order valence-corrected chi connectivity index (χ2v) is 6.83. The molecule has 29 heavy (non-hydrogen) atoms. The molecule has 0 aliphatic carbocycles. The first-order valence-electron chi connectivity index (χ1n) is 9.45. The van der Waals surface area contributed by atoms with Crippen molar-refractivity contribution in [1.29, 1.82) is 0 Å². The summed E-state index contributed by atoms with van der Waals surface area (Å²) in [6.07, 6.45) is 0. The molecule has 5 rings (SSSR count). The molecular formula is C23H18N4O2. The van der Waals surface area contributed by atoms with Gasteiger partial charge in [-0.3, -0.25) is 0 Å². The van der Waals surface area contributed by atoms with Gasteiger partial charge >= 0.3 is 5.97 Å². The number of carbonyl (C=O) groups is 1. The van der Waals surface area contributed by atoms with Gasteiger partial charge in [0.15, 0.2) is 5.69 Å². The minimum atomic E-state index is -1.10. The van der Waals surface area contributed by atoms with E-state index in [9.17, 15) is 9.90 Å². The van der Waals surface area contributed by atoms with Gasteiger partial charge in [0.1, 0.15) is 5.69 Å². The zero-order chi connectivity index (χ0) is 20.0. The van der Waals surface area contributed by atoms with Crippen LogP contribution in [0.4, 0.5) is 0 Å². The number of aromatic carboxylic acids is 1. The average molecular weight is 382 g/mol. The van der Waals surface area contributed by atoms with Gasteiger partial charge in [0.05, 0.1) is 5.69 Å². The Morgan fingerprint density at radius 1 is 0.931 bits per heavy atom. The van der Waals surface area contributed by atoms with Gasteiger partial charge in [0, 0.05) is 33.9 Å². The molecule has 0 saturated heterocycles. The number of carboxylic acid groups (broad SMARTS) is 1. The van der Waals surface area contributed by atoms with Crippen LogP contribution in [0.5, 0.6) is 0 Å². The van der Waals surface area contributed by atoms with E-state index in [0.717, 1.165) is 34.1 Å². The van der Waals surface area contributed by atoms with Crippen LogP contribution in [0.2, 0.25) is 0 Å². The lowest BCUT2D eigenvalue weighted by atomic mass is 10.1. The maximum atomic E-state index is 11.7. The fraction of sp³-hybridized carbons (Fsp3) is 0.0870. The maximum Gasteiger partial charge on any atom is 0.358 e. The Balaban J connectivity index is 1.79. The quantitative estimate of drug-likeness (QED) is 0.486. The number of fused-ring (bicyclic) bond motifs is 3. The van der Waals surface area contributed by atoms with Crippen molar-refractivity contribution in [3.63, 3.8) is 0 Å². The number of aryl methyl sites for hydroxylation is 1. The molecule has 0 aliphatic heterocycles. The number of para-hydroxylation sites is 1. The molecule has 6 heteroatoms. The molecule has 0 fully saturated rings. The zero-order valence-corrected chi connectivity index (χ0v) is 15.8. The number of benzene rings is 3. The number of hydrogen-bond acceptors (Lipinski definition) is 3. The van der Waals surface area contributed by atoms with E-state index in [4.69, 9.17) is 0 Å². The van der Waals surface area contributed by atoms with Gasteiger partial charge in [-0.1, -0.05) is 53.7 Å². The average Bonchev–Trinajstić information content (AvgIpc) is 3.33. The van der Waals surface area contributed by atoms with Crippen molar-refractivity contribution >= 4 is 27.8 Å². The molecule has 5 aromatic rings. The second kappa shape index (κ2) is 6.60. The third kappa shape index (κ3) is 2.61. The molecule has 0 saturated carbocycles. The summed E-state index contributed by atoms with van der Waals surface area (Å²) >= 11 is 0. The number of aromatic nitrogens is 4. The normalized spacial score (nSPS) is 11.3. The predicted molar refractivity (Wildman–Crippen MR) is 112 cm³/mol. The van der Waals surface area contributed by atoms with Crippen molar-refractivity contribution in [2.75, 3.05) is 0 Å². The van der Waals surface area contributed by atoms with E-state index in [2.05, 4.69) is 46.1 Å². The fourth-order valence-corrected chi connectivity index (χ4v) is 3.98. The Hall–Kier alpha value is -3.93.